The summed E-state index contributed by atoms with van der Waals surface area (Å²) in [5.74, 6) is -0.327. The Kier molecular flexibility index (Phi) is 4.20. The first kappa shape index (κ1) is 14.8. The summed E-state index contributed by atoms with van der Waals surface area (Å²) in [6.07, 6.45) is 7.77. The van der Waals surface area contributed by atoms with Gasteiger partial charge in [-0.3, -0.25) is 4.79 Å². The van der Waals surface area contributed by atoms with Crippen LogP contribution in [0.25, 0.3) is 0 Å². The van der Waals surface area contributed by atoms with E-state index in [1.54, 1.807) is 11.3 Å². The minimum atomic E-state index is -0.721. The lowest BCUT2D eigenvalue weighted by atomic mass is 9.86. The maximum absolute atomic E-state index is 11.4. The lowest BCUT2D eigenvalue weighted by molar-refractivity contribution is -0.139. The number of carboxylic acids is 1. The predicted octanol–water partition coefficient (Wildman–Crippen LogP) is 3.66. The molecule has 1 aromatic rings. The first-order chi connectivity index (χ1) is 10.1. The van der Waals surface area contributed by atoms with Gasteiger partial charge in [0.25, 0.3) is 0 Å². The van der Waals surface area contributed by atoms with Gasteiger partial charge in [-0.2, -0.15) is 0 Å². The molecule has 116 valence electrons. The molecule has 0 aromatic carbocycles. The Labute approximate surface area is 130 Å². The molecule has 0 bridgehead atoms. The van der Waals surface area contributed by atoms with Gasteiger partial charge in [0.2, 0.25) is 0 Å². The summed E-state index contributed by atoms with van der Waals surface area (Å²) in [5.41, 5.74) is 0.837. The molecule has 5 heteroatoms. The number of hydrogen-bond donors (Lipinski definition) is 1. The van der Waals surface area contributed by atoms with E-state index in [1.807, 2.05) is 0 Å². The van der Waals surface area contributed by atoms with Gasteiger partial charge in [-0.15, -0.1) is 11.3 Å². The van der Waals surface area contributed by atoms with E-state index in [0.29, 0.717) is 6.04 Å². The van der Waals surface area contributed by atoms with Crippen molar-refractivity contribution < 1.29 is 9.90 Å². The van der Waals surface area contributed by atoms with Crippen LogP contribution < -0.4 is 4.90 Å². The van der Waals surface area contributed by atoms with Gasteiger partial charge in [0.15, 0.2) is 5.13 Å². The second kappa shape index (κ2) is 5.95. The van der Waals surface area contributed by atoms with E-state index >= 15 is 0 Å². The fourth-order valence-electron chi connectivity index (χ4n) is 3.71. The standard InChI is InChI=1S/C16H24N2O2S/c1-10-5-3-6-11(9-10)18(2)16-17-14-12(15(19)20)7-4-8-13(14)21-16/h10-12H,3-9H2,1-2H3,(H,19,20). The topological polar surface area (TPSA) is 53.4 Å². The zero-order chi connectivity index (χ0) is 15.0. The molecule has 0 radical (unpaired) electrons. The highest BCUT2D eigenvalue weighted by Crippen LogP contribution is 2.39. The van der Waals surface area contributed by atoms with Crippen molar-refractivity contribution in [3.05, 3.63) is 10.6 Å². The number of aliphatic carboxylic acids is 1. The molecule has 1 heterocycles. The lowest BCUT2D eigenvalue weighted by Crippen LogP contribution is -2.35. The molecular formula is C16H24N2O2S. The highest BCUT2D eigenvalue weighted by Gasteiger charge is 2.32. The molecule has 1 N–H and O–H groups in total. The van der Waals surface area contributed by atoms with Crippen LogP contribution in [0, 0.1) is 5.92 Å². The Morgan fingerprint density at radius 2 is 2.14 bits per heavy atom. The Bertz CT molecular complexity index is 528. The molecule has 21 heavy (non-hydrogen) atoms. The van der Waals surface area contributed by atoms with E-state index < -0.39 is 11.9 Å². The number of fused-ring (bicyclic) bond motifs is 1. The quantitative estimate of drug-likeness (QED) is 0.926. The average Bonchev–Trinajstić information content (AvgIpc) is 2.89. The Balaban J connectivity index is 1.81. The minimum absolute atomic E-state index is 0.391. The average molecular weight is 308 g/mol. The monoisotopic (exact) mass is 308 g/mol. The van der Waals surface area contributed by atoms with Gasteiger partial charge in [-0.05, 0) is 38.0 Å². The fraction of sp³-hybridized carbons (Fsp3) is 0.750. The van der Waals surface area contributed by atoms with Crippen molar-refractivity contribution in [2.75, 3.05) is 11.9 Å². The van der Waals surface area contributed by atoms with Crippen molar-refractivity contribution in [2.45, 2.75) is 63.8 Å². The molecular weight excluding hydrogens is 284 g/mol. The zero-order valence-electron chi connectivity index (χ0n) is 12.8. The molecule has 0 aliphatic heterocycles. The van der Waals surface area contributed by atoms with Gasteiger partial charge < -0.3 is 10.0 Å². The van der Waals surface area contributed by atoms with Crippen molar-refractivity contribution in [1.29, 1.82) is 0 Å². The summed E-state index contributed by atoms with van der Waals surface area (Å²) in [6.45, 7) is 2.33. The van der Waals surface area contributed by atoms with Crippen molar-refractivity contribution in [1.82, 2.24) is 4.98 Å². The molecule has 2 aliphatic carbocycles. The van der Waals surface area contributed by atoms with Crippen molar-refractivity contribution in [3.63, 3.8) is 0 Å². The molecule has 1 saturated carbocycles. The van der Waals surface area contributed by atoms with Gasteiger partial charge in [-0.25, -0.2) is 4.98 Å². The summed E-state index contributed by atoms with van der Waals surface area (Å²) in [5, 5.41) is 10.4. The largest absolute Gasteiger partial charge is 0.481 e. The number of nitrogens with zero attached hydrogens (tertiary/aromatic N) is 2. The first-order valence-corrected chi connectivity index (χ1v) is 8.83. The molecule has 3 atom stereocenters. The molecule has 3 unspecified atom stereocenters. The molecule has 4 nitrogen and oxygen atoms in total. The van der Waals surface area contributed by atoms with Crippen LogP contribution in [0.15, 0.2) is 0 Å². The number of carbonyl (C=O) groups is 1. The van der Waals surface area contributed by atoms with Crippen molar-refractivity contribution in [2.24, 2.45) is 5.92 Å². The maximum Gasteiger partial charge on any atom is 0.312 e. The lowest BCUT2D eigenvalue weighted by Gasteiger charge is -2.34. The van der Waals surface area contributed by atoms with Gasteiger partial charge in [-0.1, -0.05) is 19.8 Å². The normalized spacial score (nSPS) is 29.0. The molecule has 2 aliphatic rings. The minimum Gasteiger partial charge on any atom is -0.481 e. The van der Waals surface area contributed by atoms with E-state index in [0.717, 1.165) is 36.0 Å². The van der Waals surface area contributed by atoms with Crippen LogP contribution in [-0.4, -0.2) is 29.1 Å². The van der Waals surface area contributed by atoms with Gasteiger partial charge in [0, 0.05) is 18.0 Å². The number of carboxylic acid groups (broad SMARTS) is 1. The predicted molar refractivity (Wildman–Crippen MR) is 85.3 cm³/mol. The van der Waals surface area contributed by atoms with E-state index in [1.165, 1.54) is 30.6 Å². The molecule has 0 saturated heterocycles. The van der Waals surface area contributed by atoms with Crippen molar-refractivity contribution >= 4 is 22.4 Å². The second-order valence-electron chi connectivity index (χ2n) is 6.62. The number of aryl methyl sites for hydroxylation is 1. The van der Waals surface area contributed by atoms with E-state index in [2.05, 4.69) is 18.9 Å². The smallest absolute Gasteiger partial charge is 0.312 e. The van der Waals surface area contributed by atoms with Crippen LogP contribution in [0.4, 0.5) is 5.13 Å². The van der Waals surface area contributed by atoms with Gasteiger partial charge in [0.1, 0.15) is 5.92 Å². The molecule has 1 aromatic heterocycles. The van der Waals surface area contributed by atoms with Crippen LogP contribution >= 0.6 is 11.3 Å². The summed E-state index contributed by atoms with van der Waals surface area (Å²) >= 11 is 1.71. The van der Waals surface area contributed by atoms with Crippen LogP contribution in [0.2, 0.25) is 0 Å². The van der Waals surface area contributed by atoms with Gasteiger partial charge >= 0.3 is 5.97 Å². The highest BCUT2D eigenvalue weighted by atomic mass is 32.1. The SMILES string of the molecule is CC1CCCC(N(C)c2nc3c(s2)CCCC3C(=O)O)C1. The molecule has 0 amide bonds. The second-order valence-corrected chi connectivity index (χ2v) is 7.69. The highest BCUT2D eigenvalue weighted by molar-refractivity contribution is 7.15. The summed E-state index contributed by atoms with van der Waals surface area (Å²) in [6, 6.07) is 0.560. The van der Waals surface area contributed by atoms with Crippen LogP contribution in [0.5, 0.6) is 0 Å². The molecule has 0 spiro atoms. The fourth-order valence-corrected chi connectivity index (χ4v) is 4.90. The van der Waals surface area contributed by atoms with E-state index in [9.17, 15) is 9.90 Å². The third-order valence-corrected chi connectivity index (χ3v) is 6.22. The van der Waals surface area contributed by atoms with Crippen LogP contribution in [-0.2, 0) is 11.2 Å². The van der Waals surface area contributed by atoms with Gasteiger partial charge in [0.05, 0.1) is 5.69 Å². The van der Waals surface area contributed by atoms with Crippen molar-refractivity contribution in [3.8, 4) is 0 Å². The Morgan fingerprint density at radius 3 is 2.86 bits per heavy atom. The maximum atomic E-state index is 11.4. The number of thiazole rings is 1. The Morgan fingerprint density at radius 1 is 1.33 bits per heavy atom. The van der Waals surface area contributed by atoms with E-state index in [-0.39, 0.29) is 0 Å². The summed E-state index contributed by atoms with van der Waals surface area (Å²) < 4.78 is 0. The number of hydrogen-bond acceptors (Lipinski definition) is 4. The number of aromatic nitrogens is 1. The van der Waals surface area contributed by atoms with Crippen LogP contribution in [0.3, 0.4) is 0 Å². The summed E-state index contributed by atoms with van der Waals surface area (Å²) in [7, 11) is 2.13. The van der Waals surface area contributed by atoms with E-state index in [4.69, 9.17) is 4.98 Å². The Hall–Kier alpha value is -1.10. The zero-order valence-corrected chi connectivity index (χ0v) is 13.7. The summed E-state index contributed by atoms with van der Waals surface area (Å²) in [4.78, 5) is 19.6. The third-order valence-electron chi connectivity index (χ3n) is 5.00. The van der Waals surface area contributed by atoms with Crippen LogP contribution in [0.1, 0.15) is 61.9 Å². The molecule has 3 rings (SSSR count). The number of anilines is 1. The number of rotatable bonds is 3. The molecule has 1 fully saturated rings. The first-order valence-electron chi connectivity index (χ1n) is 8.01. The third kappa shape index (κ3) is 2.93.